The lowest BCUT2D eigenvalue weighted by atomic mass is 9.97. The number of ether oxygens (including phenoxy) is 3. The third-order valence-electron chi connectivity index (χ3n) is 4.10. The van der Waals surface area contributed by atoms with Crippen LogP contribution >= 0.6 is 0 Å². The van der Waals surface area contributed by atoms with E-state index in [4.69, 9.17) is 19.9 Å². The van der Waals surface area contributed by atoms with Crippen LogP contribution in [-0.2, 0) is 0 Å². The molecule has 2 heterocycles. The average Bonchev–Trinajstić information content (AvgIpc) is 2.72. The number of nitrogen functional groups attached to an aromatic ring is 1. The summed E-state index contributed by atoms with van der Waals surface area (Å²) in [6.07, 6.45) is 3.35. The molecule has 0 radical (unpaired) electrons. The maximum atomic E-state index is 9.66. The molecule has 2 aromatic heterocycles. The zero-order valence-corrected chi connectivity index (χ0v) is 15.2. The Morgan fingerprint density at radius 2 is 1.74 bits per heavy atom. The van der Waals surface area contributed by atoms with Crippen LogP contribution in [0.25, 0.3) is 22.4 Å². The Morgan fingerprint density at radius 1 is 1.04 bits per heavy atom. The summed E-state index contributed by atoms with van der Waals surface area (Å²) in [7, 11) is 4.63. The number of hydrogen-bond donors (Lipinski definition) is 1. The summed E-state index contributed by atoms with van der Waals surface area (Å²) < 4.78 is 16.3. The highest BCUT2D eigenvalue weighted by Gasteiger charge is 2.21. The summed E-state index contributed by atoms with van der Waals surface area (Å²) in [5.74, 6) is 1.67. The van der Waals surface area contributed by atoms with E-state index in [0.29, 0.717) is 34.1 Å². The summed E-state index contributed by atoms with van der Waals surface area (Å²) in [5, 5.41) is 9.66. The van der Waals surface area contributed by atoms with Crippen molar-refractivity contribution in [1.29, 1.82) is 5.26 Å². The van der Waals surface area contributed by atoms with Crippen LogP contribution in [0.1, 0.15) is 5.56 Å². The Morgan fingerprint density at radius 3 is 2.26 bits per heavy atom. The maximum absolute atomic E-state index is 9.66. The molecule has 2 N–H and O–H groups in total. The fourth-order valence-corrected chi connectivity index (χ4v) is 2.81. The van der Waals surface area contributed by atoms with Crippen molar-refractivity contribution in [3.8, 4) is 45.7 Å². The molecule has 3 rings (SSSR count). The molecule has 7 heteroatoms. The number of methoxy groups -OCH3 is 3. The molecular weight excluding hydrogens is 344 g/mol. The molecule has 27 heavy (non-hydrogen) atoms. The Labute approximate surface area is 157 Å². The molecule has 0 spiro atoms. The first-order valence-electron chi connectivity index (χ1n) is 8.04. The summed E-state index contributed by atoms with van der Waals surface area (Å²) in [4.78, 5) is 8.47. The second-order valence-corrected chi connectivity index (χ2v) is 5.58. The van der Waals surface area contributed by atoms with Crippen LogP contribution in [-0.4, -0.2) is 31.3 Å². The Kier molecular flexibility index (Phi) is 5.08. The van der Waals surface area contributed by atoms with Crippen LogP contribution in [0.2, 0.25) is 0 Å². The van der Waals surface area contributed by atoms with Gasteiger partial charge in [0, 0.05) is 35.7 Å². The molecule has 0 amide bonds. The normalized spacial score (nSPS) is 10.1. The molecule has 0 atom stereocenters. The second-order valence-electron chi connectivity index (χ2n) is 5.58. The predicted octanol–water partition coefficient (Wildman–Crippen LogP) is 3.29. The highest BCUT2D eigenvalue weighted by atomic mass is 16.5. The Balaban J connectivity index is 2.34. The van der Waals surface area contributed by atoms with Gasteiger partial charge in [0.25, 0.3) is 0 Å². The molecule has 0 bridgehead atoms. The van der Waals surface area contributed by atoms with Gasteiger partial charge in [0.2, 0.25) is 0 Å². The minimum Gasteiger partial charge on any atom is -0.496 e. The highest BCUT2D eigenvalue weighted by Crippen LogP contribution is 2.44. The zero-order valence-electron chi connectivity index (χ0n) is 15.2. The molecule has 7 nitrogen and oxygen atoms in total. The van der Waals surface area contributed by atoms with Crippen molar-refractivity contribution in [3.63, 3.8) is 0 Å². The molecule has 0 unspecified atom stereocenters. The minimum absolute atomic E-state index is 0.119. The molecule has 0 aliphatic heterocycles. The number of nitriles is 1. The van der Waals surface area contributed by atoms with E-state index in [1.54, 1.807) is 43.8 Å². The van der Waals surface area contributed by atoms with E-state index in [0.717, 1.165) is 5.56 Å². The molecule has 1 aromatic carbocycles. The van der Waals surface area contributed by atoms with E-state index >= 15 is 0 Å². The number of nitrogens with zero attached hydrogens (tertiary/aromatic N) is 3. The fourth-order valence-electron chi connectivity index (χ4n) is 2.81. The molecular formula is C20H18N4O3. The Bertz CT molecular complexity index is 989. The van der Waals surface area contributed by atoms with Crippen LogP contribution in [0.3, 0.4) is 0 Å². The van der Waals surface area contributed by atoms with Crippen LogP contribution in [0.5, 0.6) is 17.2 Å². The van der Waals surface area contributed by atoms with E-state index in [-0.39, 0.29) is 11.4 Å². The van der Waals surface area contributed by atoms with Gasteiger partial charge in [-0.3, -0.25) is 4.98 Å². The second kappa shape index (κ2) is 7.62. The number of rotatable bonds is 5. The summed E-state index contributed by atoms with van der Waals surface area (Å²) >= 11 is 0. The van der Waals surface area contributed by atoms with E-state index in [1.807, 2.05) is 6.07 Å². The van der Waals surface area contributed by atoms with Crippen molar-refractivity contribution < 1.29 is 14.2 Å². The van der Waals surface area contributed by atoms with Crippen molar-refractivity contribution in [2.24, 2.45) is 0 Å². The maximum Gasteiger partial charge on any atom is 0.142 e. The molecule has 0 saturated carbocycles. The molecule has 0 saturated heterocycles. The van der Waals surface area contributed by atoms with Crippen LogP contribution in [0.15, 0.2) is 42.7 Å². The van der Waals surface area contributed by atoms with Gasteiger partial charge < -0.3 is 19.9 Å². The lowest BCUT2D eigenvalue weighted by molar-refractivity contribution is 0.377. The van der Waals surface area contributed by atoms with Gasteiger partial charge in [0.05, 0.1) is 32.6 Å². The number of aromatic nitrogens is 2. The number of nitrogens with two attached hydrogens (primary N) is 1. The minimum atomic E-state index is 0.119. The van der Waals surface area contributed by atoms with Crippen molar-refractivity contribution in [2.75, 3.05) is 27.1 Å². The Hall–Kier alpha value is -3.79. The largest absolute Gasteiger partial charge is 0.496 e. The van der Waals surface area contributed by atoms with E-state index < -0.39 is 0 Å². The van der Waals surface area contributed by atoms with E-state index in [9.17, 15) is 5.26 Å². The third kappa shape index (κ3) is 3.33. The van der Waals surface area contributed by atoms with Gasteiger partial charge in [-0.2, -0.15) is 5.26 Å². The van der Waals surface area contributed by atoms with Crippen LogP contribution in [0, 0.1) is 11.3 Å². The van der Waals surface area contributed by atoms with Gasteiger partial charge in [-0.15, -0.1) is 0 Å². The number of benzene rings is 1. The summed E-state index contributed by atoms with van der Waals surface area (Å²) in [5.41, 5.74) is 8.85. The smallest absolute Gasteiger partial charge is 0.142 e. The first-order chi connectivity index (χ1) is 13.1. The van der Waals surface area contributed by atoms with Gasteiger partial charge in [0.15, 0.2) is 0 Å². The van der Waals surface area contributed by atoms with Gasteiger partial charge in [-0.25, -0.2) is 4.98 Å². The van der Waals surface area contributed by atoms with Crippen LogP contribution < -0.4 is 19.9 Å². The van der Waals surface area contributed by atoms with Gasteiger partial charge in [0.1, 0.15) is 34.7 Å². The SMILES string of the molecule is COc1cc(OC)c(-c2cc(-c3cccnc3)nc(N)c2C#N)c(OC)c1. The predicted molar refractivity (Wildman–Crippen MR) is 102 cm³/mol. The van der Waals surface area contributed by atoms with Gasteiger partial charge >= 0.3 is 0 Å². The first kappa shape index (κ1) is 18.0. The van der Waals surface area contributed by atoms with Crippen molar-refractivity contribution in [3.05, 3.63) is 48.3 Å². The summed E-state index contributed by atoms with van der Waals surface area (Å²) in [6, 6.07) is 11.0. The van der Waals surface area contributed by atoms with Crippen molar-refractivity contribution in [2.45, 2.75) is 0 Å². The number of anilines is 1. The highest BCUT2D eigenvalue weighted by molar-refractivity contribution is 5.87. The third-order valence-corrected chi connectivity index (χ3v) is 4.10. The number of hydrogen-bond acceptors (Lipinski definition) is 7. The topological polar surface area (TPSA) is 103 Å². The zero-order chi connectivity index (χ0) is 19.4. The molecule has 0 aliphatic carbocycles. The van der Waals surface area contributed by atoms with E-state index in [1.165, 1.54) is 14.2 Å². The van der Waals surface area contributed by atoms with Crippen molar-refractivity contribution >= 4 is 5.82 Å². The fraction of sp³-hybridized carbons (Fsp3) is 0.150. The average molecular weight is 362 g/mol. The first-order valence-corrected chi connectivity index (χ1v) is 8.04. The molecule has 0 fully saturated rings. The monoisotopic (exact) mass is 362 g/mol. The molecule has 136 valence electrons. The van der Waals surface area contributed by atoms with E-state index in [2.05, 4.69) is 16.0 Å². The van der Waals surface area contributed by atoms with Crippen molar-refractivity contribution in [1.82, 2.24) is 9.97 Å². The number of pyridine rings is 2. The quantitative estimate of drug-likeness (QED) is 0.743. The lowest BCUT2D eigenvalue weighted by Crippen LogP contribution is -2.02. The van der Waals surface area contributed by atoms with Gasteiger partial charge in [-0.1, -0.05) is 0 Å². The van der Waals surface area contributed by atoms with Crippen LogP contribution in [0.4, 0.5) is 5.82 Å². The molecule has 3 aromatic rings. The molecule has 0 aliphatic rings. The summed E-state index contributed by atoms with van der Waals surface area (Å²) in [6.45, 7) is 0. The van der Waals surface area contributed by atoms with Gasteiger partial charge in [-0.05, 0) is 18.2 Å². The standard InChI is InChI=1S/C20H18N4O3/c1-25-13-7-17(26-2)19(18(8-13)27-3)14-9-16(12-5-4-6-23-11-12)24-20(22)15(14)10-21/h4-9,11H,1-3H3,(H2,22,24). The lowest BCUT2D eigenvalue weighted by Gasteiger charge is -2.17.